The molecule has 7 amide bonds. The Labute approximate surface area is 439 Å². The van der Waals surface area contributed by atoms with E-state index in [9.17, 15) is 74.4 Å². The molecule has 16 atom stereocenters. The van der Waals surface area contributed by atoms with Crippen LogP contribution >= 0.6 is 0 Å². The Balaban J connectivity index is 1.70. The fraction of sp³-hybridized carbons (Fsp3) is 0.750. The van der Waals surface area contributed by atoms with E-state index in [1.165, 1.54) is 37.6 Å². The molecular weight excluding hydrogens is 977 g/mol. The predicted octanol–water partition coefficient (Wildman–Crippen LogP) is -1.41. The summed E-state index contributed by atoms with van der Waals surface area (Å²) >= 11 is 0. The van der Waals surface area contributed by atoms with Crippen molar-refractivity contribution >= 4 is 41.4 Å². The molecule has 0 bridgehead atoms. The number of carbonyl (C=O) groups is 7. The van der Waals surface area contributed by atoms with Crippen LogP contribution in [-0.2, 0) is 33.6 Å². The average Bonchev–Trinajstić information content (AvgIpc) is 3.97. The van der Waals surface area contributed by atoms with Gasteiger partial charge in [0.25, 0.3) is 0 Å². The van der Waals surface area contributed by atoms with Crippen LogP contribution in [0.2, 0.25) is 0 Å². The molecule has 15 N–H and O–H groups in total. The summed E-state index contributed by atoms with van der Waals surface area (Å²) in [5, 5.41) is 101. The van der Waals surface area contributed by atoms with Gasteiger partial charge in [-0.2, -0.15) is 0 Å². The van der Waals surface area contributed by atoms with Gasteiger partial charge < -0.3 is 83.0 Å². The smallest absolute Gasteiger partial charge is 0.248 e. The highest BCUT2D eigenvalue weighted by atomic mass is 16.3. The lowest BCUT2D eigenvalue weighted by Gasteiger charge is -2.35. The highest BCUT2D eigenvalue weighted by Crippen LogP contribution is 2.27. The number of hydrogen-bond donors (Lipinski definition) is 14. The van der Waals surface area contributed by atoms with E-state index in [0.717, 1.165) is 54.7 Å². The van der Waals surface area contributed by atoms with Gasteiger partial charge in [-0.05, 0) is 75.1 Å². The topological polar surface area (TPSA) is 374 Å². The predicted molar refractivity (Wildman–Crippen MR) is 273 cm³/mol. The van der Waals surface area contributed by atoms with Gasteiger partial charge in [0.05, 0.1) is 36.6 Å². The van der Waals surface area contributed by atoms with Crippen LogP contribution in [0.25, 0.3) is 0 Å². The van der Waals surface area contributed by atoms with Crippen LogP contribution in [0, 0.1) is 11.8 Å². The first-order valence-corrected chi connectivity index (χ1v) is 26.9. The Bertz CT molecular complexity index is 2030. The third-order valence-corrected chi connectivity index (χ3v) is 14.9. The van der Waals surface area contributed by atoms with Gasteiger partial charge in [0.2, 0.25) is 41.4 Å². The van der Waals surface area contributed by atoms with Crippen LogP contribution in [-0.4, -0.2) is 191 Å². The molecule has 3 aliphatic heterocycles. The summed E-state index contributed by atoms with van der Waals surface area (Å²) in [5.41, 5.74) is 5.70. The number of benzene rings is 1. The minimum Gasteiger partial charge on any atom is -0.508 e. The zero-order chi connectivity index (χ0) is 55.7. The van der Waals surface area contributed by atoms with E-state index in [2.05, 4.69) is 47.4 Å². The monoisotopic (exact) mass is 1060 g/mol. The molecule has 23 nitrogen and oxygen atoms in total. The molecule has 1 aromatic rings. The van der Waals surface area contributed by atoms with Crippen LogP contribution in [0.1, 0.15) is 143 Å². The Kier molecular flexibility index (Phi) is 25.1. The number of nitrogens with one attached hydrogen (secondary N) is 5. The molecule has 3 saturated heterocycles. The number of phenols is 1. The number of amides is 7. The first kappa shape index (κ1) is 62.5. The van der Waals surface area contributed by atoms with E-state index < -0.39 is 146 Å². The van der Waals surface area contributed by atoms with Gasteiger partial charge in [-0.3, -0.25) is 33.6 Å². The summed E-state index contributed by atoms with van der Waals surface area (Å²) in [4.78, 5) is 102. The van der Waals surface area contributed by atoms with Crippen molar-refractivity contribution < 1.29 is 74.4 Å². The molecule has 0 spiro atoms. The van der Waals surface area contributed by atoms with Crippen molar-refractivity contribution in [3.63, 3.8) is 0 Å². The lowest BCUT2D eigenvalue weighted by atomic mass is 9.91. The molecule has 4 rings (SSSR count). The number of fused-ring (bicyclic) bond motifs is 2. The van der Waals surface area contributed by atoms with Gasteiger partial charge >= 0.3 is 0 Å². The molecule has 0 aromatic heterocycles. The number of nitrogens with two attached hydrogens (primary N) is 1. The van der Waals surface area contributed by atoms with Crippen LogP contribution in [0.4, 0.5) is 0 Å². The van der Waals surface area contributed by atoms with E-state index in [-0.39, 0.29) is 50.1 Å². The second-order valence-corrected chi connectivity index (χ2v) is 21.1. The minimum absolute atomic E-state index is 0.00436. The number of hydrogen-bond acceptors (Lipinski definition) is 16. The van der Waals surface area contributed by atoms with E-state index in [0.29, 0.717) is 18.3 Å². The largest absolute Gasteiger partial charge is 0.508 e. The first-order valence-electron chi connectivity index (χ1n) is 26.9. The molecule has 0 radical (unpaired) electrons. The molecular formula is C52H86N8O15. The second-order valence-electron chi connectivity index (χ2n) is 21.1. The molecule has 75 heavy (non-hydrogen) atoms. The second kappa shape index (κ2) is 30.1. The van der Waals surface area contributed by atoms with Crippen molar-refractivity contribution in [2.24, 2.45) is 17.6 Å². The molecule has 0 saturated carbocycles. The number of aromatic hydroxyl groups is 1. The molecule has 424 valence electrons. The molecule has 3 aliphatic rings. The van der Waals surface area contributed by atoms with E-state index in [1.807, 2.05) is 0 Å². The maximum atomic E-state index is 14.5. The Morgan fingerprint density at radius 2 is 1.33 bits per heavy atom. The molecule has 0 aliphatic carbocycles. The lowest BCUT2D eigenvalue weighted by molar-refractivity contribution is -0.148. The minimum atomic E-state index is -2.26. The average molecular weight is 1060 g/mol. The number of rotatable bonds is 21. The van der Waals surface area contributed by atoms with E-state index >= 15 is 0 Å². The van der Waals surface area contributed by atoms with Crippen LogP contribution < -0.4 is 32.3 Å². The quantitative estimate of drug-likeness (QED) is 0.0629. The van der Waals surface area contributed by atoms with Crippen molar-refractivity contribution in [2.75, 3.05) is 19.6 Å². The zero-order valence-electron chi connectivity index (χ0n) is 44.2. The van der Waals surface area contributed by atoms with Gasteiger partial charge in [-0.15, -0.1) is 0 Å². The molecule has 3 heterocycles. The van der Waals surface area contributed by atoms with Crippen LogP contribution in [0.5, 0.6) is 5.75 Å². The van der Waals surface area contributed by atoms with Crippen molar-refractivity contribution in [2.45, 2.75) is 216 Å². The van der Waals surface area contributed by atoms with Crippen molar-refractivity contribution in [3.8, 4) is 5.75 Å². The standard InChI is InChI=1S/C52H86N8O15/c1-6-28(3)24-29(4)14-12-10-8-9-11-13-15-40(67)54-35-26-39(66)34(7-2)55-50(73)44-38(65)21-23-59(44)52(75)42(37(64)20-22-53)57-49(72)43(46(69)45(68)31-16-18-32(62)19-17-31)58-48(71)36-25-33(63)27-60(36)51(74)41(30(5)61)56-47(35)70/h16-19,28-30,33-39,41-46,61-66,68-69H,6-15,20-27,53H2,1-5H3,(H,54,67)(H,55,73)(H,56,70)(H,57,72)(H,58,71). The SMILES string of the molecule is CCC(C)CC(C)CCCCCCCCC(=O)NC1CC(O)C(CC)NC(=O)C2C(O)CCN2C(=O)C(C(O)CCN)NC(=O)C(C(O)C(O)c2ccc(O)cc2)NC(=O)C2CC(O)CN2C(=O)C(C(C)O)NC1=O. The highest BCUT2D eigenvalue weighted by molar-refractivity contribution is 5.98. The zero-order valence-corrected chi connectivity index (χ0v) is 44.2. The Morgan fingerprint density at radius 1 is 0.720 bits per heavy atom. The third kappa shape index (κ3) is 17.8. The normalized spacial score (nSPS) is 29.1. The van der Waals surface area contributed by atoms with Gasteiger partial charge in [-0.1, -0.05) is 84.8 Å². The maximum absolute atomic E-state index is 14.5. The fourth-order valence-electron chi connectivity index (χ4n) is 10.3. The summed E-state index contributed by atoms with van der Waals surface area (Å²) in [6.07, 6.45) is -4.79. The number of nitrogens with zero attached hydrogens (tertiary/aromatic N) is 2. The van der Waals surface area contributed by atoms with Crippen molar-refractivity contribution in [1.82, 2.24) is 36.4 Å². The maximum Gasteiger partial charge on any atom is 0.248 e. The fourth-order valence-corrected chi connectivity index (χ4v) is 10.3. The van der Waals surface area contributed by atoms with E-state index in [1.54, 1.807) is 6.92 Å². The number of phenolic OH excluding ortho intramolecular Hbond substituents is 1. The number of aliphatic hydroxyl groups is 7. The number of unbranched alkanes of at least 4 members (excludes halogenated alkanes) is 5. The van der Waals surface area contributed by atoms with Crippen LogP contribution in [0.15, 0.2) is 24.3 Å². The van der Waals surface area contributed by atoms with Crippen molar-refractivity contribution in [3.05, 3.63) is 29.8 Å². The number of carbonyl (C=O) groups excluding carboxylic acids is 7. The third-order valence-electron chi connectivity index (χ3n) is 14.9. The van der Waals surface area contributed by atoms with Gasteiger partial charge in [0.15, 0.2) is 0 Å². The highest BCUT2D eigenvalue weighted by Gasteiger charge is 2.49. The first-order chi connectivity index (χ1) is 35.5. The molecule has 16 unspecified atom stereocenters. The Morgan fingerprint density at radius 3 is 1.96 bits per heavy atom. The van der Waals surface area contributed by atoms with Crippen LogP contribution in [0.3, 0.4) is 0 Å². The summed E-state index contributed by atoms with van der Waals surface area (Å²) in [6, 6.07) is -7.30. The Hall–Kier alpha value is -5.01. The number of aliphatic hydroxyl groups excluding tert-OH is 7. The molecule has 3 fully saturated rings. The van der Waals surface area contributed by atoms with Gasteiger partial charge in [0, 0.05) is 32.4 Å². The summed E-state index contributed by atoms with van der Waals surface area (Å²) in [6.45, 7) is 8.51. The van der Waals surface area contributed by atoms with Gasteiger partial charge in [-0.25, -0.2) is 0 Å². The van der Waals surface area contributed by atoms with Crippen molar-refractivity contribution in [1.29, 1.82) is 0 Å². The van der Waals surface area contributed by atoms with E-state index in [4.69, 9.17) is 5.73 Å². The molecule has 23 heteroatoms. The summed E-state index contributed by atoms with van der Waals surface area (Å²) in [5.74, 6) is -6.16. The summed E-state index contributed by atoms with van der Waals surface area (Å²) in [7, 11) is 0. The summed E-state index contributed by atoms with van der Waals surface area (Å²) < 4.78 is 0. The molecule has 1 aromatic carbocycles. The lowest BCUT2D eigenvalue weighted by Crippen LogP contribution is -2.64. The van der Waals surface area contributed by atoms with Gasteiger partial charge in [0.1, 0.15) is 54.2 Å².